The van der Waals surface area contributed by atoms with Crippen LogP contribution >= 0.6 is 0 Å². The van der Waals surface area contributed by atoms with Crippen LogP contribution in [0.3, 0.4) is 0 Å². The first-order valence-corrected chi connectivity index (χ1v) is 8.37. The van der Waals surface area contributed by atoms with Crippen LogP contribution in [0.15, 0.2) is 51.6 Å². The lowest BCUT2D eigenvalue weighted by atomic mass is 10.1. The third-order valence-corrected chi connectivity index (χ3v) is 3.36. The summed E-state index contributed by atoms with van der Waals surface area (Å²) in [5, 5.41) is 9.21. The van der Waals surface area contributed by atoms with Crippen LogP contribution in [0.25, 0.3) is 0 Å². The summed E-state index contributed by atoms with van der Waals surface area (Å²) in [6.45, 7) is 12.6. The normalized spacial score (nSPS) is 13.6. The summed E-state index contributed by atoms with van der Waals surface area (Å²) in [4.78, 5) is 4.34. The van der Waals surface area contributed by atoms with Crippen molar-refractivity contribution in [2.45, 2.75) is 73.3 Å². The maximum atomic E-state index is 9.21. The number of allylic oxidation sites excluding steroid dienone is 7. The molecule has 23 heavy (non-hydrogen) atoms. The standard InChI is InChI=1S/C21H32N2/c1-17(2)9-7-11-19(5)13-14-23-21(16-22)15-20(6)12-8-10-18(3)4/h9-10,13-15,21H,7-8,11-12H2,1-6H3/b19-13-,20-15+,23-14?. The average molecular weight is 313 g/mol. The topological polar surface area (TPSA) is 36.1 Å². The van der Waals surface area contributed by atoms with Gasteiger partial charge in [-0.15, -0.1) is 0 Å². The minimum atomic E-state index is -0.386. The average Bonchev–Trinajstić information content (AvgIpc) is 2.45. The van der Waals surface area contributed by atoms with Crippen LogP contribution in [-0.2, 0) is 0 Å². The van der Waals surface area contributed by atoms with E-state index in [0.717, 1.165) is 25.7 Å². The fourth-order valence-corrected chi connectivity index (χ4v) is 1.99. The van der Waals surface area contributed by atoms with Gasteiger partial charge in [-0.2, -0.15) is 5.26 Å². The van der Waals surface area contributed by atoms with Crippen molar-refractivity contribution in [3.05, 3.63) is 46.6 Å². The summed E-state index contributed by atoms with van der Waals surface area (Å²) >= 11 is 0. The summed E-state index contributed by atoms with van der Waals surface area (Å²) in [5.41, 5.74) is 5.19. The van der Waals surface area contributed by atoms with Crippen LogP contribution in [-0.4, -0.2) is 12.3 Å². The van der Waals surface area contributed by atoms with Crippen molar-refractivity contribution in [1.29, 1.82) is 5.26 Å². The predicted molar refractivity (Wildman–Crippen MR) is 103 cm³/mol. The highest BCUT2D eigenvalue weighted by molar-refractivity contribution is 5.72. The Morgan fingerprint density at radius 1 is 0.913 bits per heavy atom. The molecular weight excluding hydrogens is 280 g/mol. The number of aliphatic imine (C=N–C) groups is 1. The number of nitriles is 1. The number of rotatable bonds is 9. The van der Waals surface area contributed by atoms with Crippen LogP contribution in [0.2, 0.25) is 0 Å². The van der Waals surface area contributed by atoms with Gasteiger partial charge >= 0.3 is 0 Å². The summed E-state index contributed by atoms with van der Waals surface area (Å²) in [5.74, 6) is 0. The highest BCUT2D eigenvalue weighted by Crippen LogP contribution is 2.09. The first-order chi connectivity index (χ1) is 10.8. The van der Waals surface area contributed by atoms with Crippen molar-refractivity contribution in [2.24, 2.45) is 4.99 Å². The highest BCUT2D eigenvalue weighted by Gasteiger charge is 1.99. The first-order valence-electron chi connectivity index (χ1n) is 8.37. The maximum absolute atomic E-state index is 9.21. The molecule has 0 aromatic heterocycles. The van der Waals surface area contributed by atoms with Gasteiger partial charge < -0.3 is 0 Å². The largest absolute Gasteiger partial charge is 0.270 e. The smallest absolute Gasteiger partial charge is 0.154 e. The van der Waals surface area contributed by atoms with E-state index in [1.165, 1.54) is 22.3 Å². The summed E-state index contributed by atoms with van der Waals surface area (Å²) in [6.07, 6.45) is 14.3. The van der Waals surface area contributed by atoms with Gasteiger partial charge in [-0.3, -0.25) is 4.99 Å². The minimum absolute atomic E-state index is 0.386. The Hall–Kier alpha value is -1.88. The monoisotopic (exact) mass is 312 g/mol. The molecule has 0 fully saturated rings. The van der Waals surface area contributed by atoms with Crippen molar-refractivity contribution in [2.75, 3.05) is 0 Å². The van der Waals surface area contributed by atoms with Gasteiger partial charge in [-0.1, -0.05) is 34.4 Å². The first kappa shape index (κ1) is 21.1. The van der Waals surface area contributed by atoms with Crippen molar-refractivity contribution in [3.8, 4) is 6.07 Å². The molecule has 0 aromatic carbocycles. The molecule has 0 aliphatic rings. The van der Waals surface area contributed by atoms with Crippen LogP contribution in [0.1, 0.15) is 67.2 Å². The Kier molecular flexibility index (Phi) is 11.6. The minimum Gasteiger partial charge on any atom is -0.270 e. The quantitative estimate of drug-likeness (QED) is 0.361. The van der Waals surface area contributed by atoms with Crippen molar-refractivity contribution < 1.29 is 0 Å². The predicted octanol–water partition coefficient (Wildman–Crippen LogP) is 6.33. The molecule has 0 radical (unpaired) electrons. The number of hydrogen-bond acceptors (Lipinski definition) is 2. The van der Waals surface area contributed by atoms with Gasteiger partial charge in [-0.05, 0) is 79.4 Å². The summed E-state index contributed by atoms with van der Waals surface area (Å²) in [6, 6.07) is 1.85. The zero-order valence-electron chi connectivity index (χ0n) is 15.7. The second-order valence-corrected chi connectivity index (χ2v) is 6.54. The summed E-state index contributed by atoms with van der Waals surface area (Å²) < 4.78 is 0. The Morgan fingerprint density at radius 3 is 1.91 bits per heavy atom. The van der Waals surface area contributed by atoms with E-state index in [-0.39, 0.29) is 6.04 Å². The molecule has 0 spiro atoms. The molecule has 0 saturated heterocycles. The number of nitrogens with zero attached hydrogens (tertiary/aromatic N) is 2. The molecule has 0 saturated carbocycles. The molecule has 0 amide bonds. The number of hydrogen-bond donors (Lipinski definition) is 0. The van der Waals surface area contributed by atoms with Gasteiger partial charge in [0.25, 0.3) is 0 Å². The lowest BCUT2D eigenvalue weighted by molar-refractivity contribution is 0.933. The SMILES string of the molecule is CC(C)=CCC/C(C)=C\C=NC(C#N)/C=C(\C)CCC=C(C)C. The van der Waals surface area contributed by atoms with Gasteiger partial charge in [0.2, 0.25) is 0 Å². The van der Waals surface area contributed by atoms with Gasteiger partial charge in [0, 0.05) is 6.21 Å². The molecule has 1 atom stereocenters. The van der Waals surface area contributed by atoms with Crippen molar-refractivity contribution in [3.63, 3.8) is 0 Å². The molecule has 0 N–H and O–H groups in total. The maximum Gasteiger partial charge on any atom is 0.154 e. The molecule has 0 aliphatic carbocycles. The van der Waals surface area contributed by atoms with Crippen molar-refractivity contribution >= 4 is 6.21 Å². The van der Waals surface area contributed by atoms with E-state index in [1.54, 1.807) is 6.21 Å². The molecule has 2 nitrogen and oxygen atoms in total. The van der Waals surface area contributed by atoms with Crippen LogP contribution in [0.4, 0.5) is 0 Å². The van der Waals surface area contributed by atoms with Gasteiger partial charge in [0.15, 0.2) is 6.04 Å². The van der Waals surface area contributed by atoms with E-state index in [1.807, 2.05) is 12.2 Å². The second kappa shape index (κ2) is 12.6. The Balaban J connectivity index is 4.49. The van der Waals surface area contributed by atoms with E-state index in [2.05, 4.69) is 64.8 Å². The van der Waals surface area contributed by atoms with Crippen molar-refractivity contribution in [1.82, 2.24) is 0 Å². The zero-order valence-corrected chi connectivity index (χ0v) is 15.7. The lowest BCUT2D eigenvalue weighted by Crippen LogP contribution is -1.97. The van der Waals surface area contributed by atoms with E-state index in [9.17, 15) is 5.26 Å². The molecule has 126 valence electrons. The van der Waals surface area contributed by atoms with E-state index in [4.69, 9.17) is 0 Å². The second-order valence-electron chi connectivity index (χ2n) is 6.54. The Morgan fingerprint density at radius 2 is 1.43 bits per heavy atom. The molecule has 2 heteroatoms. The van der Waals surface area contributed by atoms with Crippen LogP contribution in [0, 0.1) is 11.3 Å². The fraction of sp³-hybridized carbons (Fsp3) is 0.524. The molecule has 0 rings (SSSR count). The molecule has 1 unspecified atom stereocenters. The Bertz CT molecular complexity index is 529. The third-order valence-electron chi connectivity index (χ3n) is 3.36. The van der Waals surface area contributed by atoms with Crippen LogP contribution < -0.4 is 0 Å². The van der Waals surface area contributed by atoms with Crippen LogP contribution in [0.5, 0.6) is 0 Å². The van der Waals surface area contributed by atoms with E-state index in [0.29, 0.717) is 0 Å². The Labute approximate surface area is 143 Å². The molecule has 0 heterocycles. The molecule has 0 aliphatic heterocycles. The molecule has 0 aromatic rings. The van der Waals surface area contributed by atoms with Gasteiger partial charge in [0.1, 0.15) is 0 Å². The fourth-order valence-electron chi connectivity index (χ4n) is 1.99. The van der Waals surface area contributed by atoms with E-state index < -0.39 is 0 Å². The summed E-state index contributed by atoms with van der Waals surface area (Å²) in [7, 11) is 0. The highest BCUT2D eigenvalue weighted by atomic mass is 14.8. The van der Waals surface area contributed by atoms with Gasteiger partial charge in [0.05, 0.1) is 6.07 Å². The zero-order chi connectivity index (χ0) is 17.7. The lowest BCUT2D eigenvalue weighted by Gasteiger charge is -2.01. The third kappa shape index (κ3) is 13.5. The van der Waals surface area contributed by atoms with Gasteiger partial charge in [-0.25, -0.2) is 0 Å². The van der Waals surface area contributed by atoms with E-state index >= 15 is 0 Å². The molecule has 0 bridgehead atoms. The molecular formula is C21H32N2.